The Morgan fingerprint density at radius 1 is 1.09 bits per heavy atom. The molecule has 0 saturated heterocycles. The van der Waals surface area contributed by atoms with Gasteiger partial charge in [0.05, 0.1) is 12.2 Å². The summed E-state index contributed by atoms with van der Waals surface area (Å²) in [7, 11) is 1.61. The lowest BCUT2D eigenvalue weighted by atomic mass is 9.97. The Bertz CT molecular complexity index is 1110. The van der Waals surface area contributed by atoms with Crippen molar-refractivity contribution in [1.82, 2.24) is 14.9 Å². The molecule has 7 heteroatoms. The predicted molar refractivity (Wildman–Crippen MR) is 127 cm³/mol. The lowest BCUT2D eigenvalue weighted by Crippen LogP contribution is -2.35. The van der Waals surface area contributed by atoms with Crippen molar-refractivity contribution < 1.29 is 14.3 Å². The first-order valence-corrected chi connectivity index (χ1v) is 10.7. The van der Waals surface area contributed by atoms with Crippen molar-refractivity contribution in [2.75, 3.05) is 19.0 Å². The van der Waals surface area contributed by atoms with Gasteiger partial charge in [-0.2, -0.15) is 0 Å². The Morgan fingerprint density at radius 2 is 1.78 bits per heavy atom. The maximum absolute atomic E-state index is 12.9. The van der Waals surface area contributed by atoms with Crippen LogP contribution in [0.3, 0.4) is 0 Å². The van der Waals surface area contributed by atoms with Crippen molar-refractivity contribution in [3.8, 4) is 0 Å². The number of aromatic nitrogens is 2. The Morgan fingerprint density at radius 3 is 2.41 bits per heavy atom. The second-order valence-corrected chi connectivity index (χ2v) is 9.45. The molecule has 2 aromatic heterocycles. The quantitative estimate of drug-likeness (QED) is 0.575. The summed E-state index contributed by atoms with van der Waals surface area (Å²) in [5, 5.41) is 6.57. The van der Waals surface area contributed by atoms with Crippen molar-refractivity contribution in [3.05, 3.63) is 59.3 Å². The van der Waals surface area contributed by atoms with Gasteiger partial charge in [0.2, 0.25) is 0 Å². The smallest absolute Gasteiger partial charge is 0.256 e. The van der Waals surface area contributed by atoms with E-state index in [0.29, 0.717) is 35.7 Å². The number of methoxy groups -OCH3 is 1. The number of benzene rings is 1. The molecule has 1 aromatic carbocycles. The zero-order chi connectivity index (χ0) is 23.5. The van der Waals surface area contributed by atoms with Crippen LogP contribution < -0.4 is 10.6 Å². The first kappa shape index (κ1) is 23.5. The molecule has 3 aromatic rings. The van der Waals surface area contributed by atoms with Crippen LogP contribution in [0.5, 0.6) is 0 Å². The van der Waals surface area contributed by atoms with Crippen molar-refractivity contribution in [2.24, 2.45) is 5.41 Å². The number of aryl methyl sites for hydroxylation is 1. The lowest BCUT2D eigenvalue weighted by molar-refractivity contribution is 0.0906. The molecule has 1 atom stereocenters. The summed E-state index contributed by atoms with van der Waals surface area (Å²) in [6, 6.07) is 10.8. The molecule has 0 spiro atoms. The zero-order valence-corrected chi connectivity index (χ0v) is 19.7. The Balaban J connectivity index is 1.95. The van der Waals surface area contributed by atoms with Crippen LogP contribution in [0, 0.1) is 12.3 Å². The molecule has 170 valence electrons. The summed E-state index contributed by atoms with van der Waals surface area (Å²) in [5.41, 5.74) is 2.84. The number of nitrogens with zero attached hydrogens (tertiary/aromatic N) is 2. The number of pyridine rings is 1. The molecule has 2 N–H and O–H groups in total. The van der Waals surface area contributed by atoms with Gasteiger partial charge in [-0.1, -0.05) is 38.5 Å². The molecule has 0 radical (unpaired) electrons. The summed E-state index contributed by atoms with van der Waals surface area (Å²) < 4.78 is 7.10. The van der Waals surface area contributed by atoms with Crippen molar-refractivity contribution in [2.45, 2.75) is 47.2 Å². The van der Waals surface area contributed by atoms with Crippen LogP contribution in [-0.4, -0.2) is 41.1 Å². The minimum Gasteiger partial charge on any atom is -0.383 e. The fraction of sp³-hybridized carbons (Fsp3) is 0.400. The molecule has 0 bridgehead atoms. The molecule has 7 nitrogen and oxygen atoms in total. The van der Waals surface area contributed by atoms with Gasteiger partial charge < -0.3 is 19.9 Å². The molecule has 0 saturated carbocycles. The third kappa shape index (κ3) is 5.73. The van der Waals surface area contributed by atoms with Crippen LogP contribution in [0.1, 0.15) is 54.0 Å². The third-order valence-corrected chi connectivity index (χ3v) is 4.96. The lowest BCUT2D eigenvalue weighted by Gasteiger charge is -2.19. The van der Waals surface area contributed by atoms with Gasteiger partial charge in [-0.15, -0.1) is 0 Å². The number of carbonyl (C=O) groups excluding carboxylic acids is 2. The number of rotatable bonds is 7. The second kappa shape index (κ2) is 9.53. The van der Waals surface area contributed by atoms with Crippen LogP contribution in [-0.2, 0) is 11.3 Å². The number of amides is 2. The van der Waals surface area contributed by atoms with Gasteiger partial charge in [0.25, 0.3) is 11.8 Å². The number of hydrogen-bond donors (Lipinski definition) is 2. The largest absolute Gasteiger partial charge is 0.383 e. The Hall–Kier alpha value is -3.19. The van der Waals surface area contributed by atoms with Crippen LogP contribution in [0.4, 0.5) is 5.82 Å². The molecule has 0 aliphatic rings. The highest BCUT2D eigenvalue weighted by atomic mass is 16.5. The van der Waals surface area contributed by atoms with Crippen LogP contribution in [0.25, 0.3) is 11.0 Å². The van der Waals surface area contributed by atoms with Crippen LogP contribution in [0.2, 0.25) is 0 Å². The van der Waals surface area contributed by atoms with Crippen molar-refractivity contribution in [3.63, 3.8) is 0 Å². The monoisotopic (exact) mass is 436 g/mol. The highest BCUT2D eigenvalue weighted by Gasteiger charge is 2.21. The van der Waals surface area contributed by atoms with Crippen molar-refractivity contribution in [1.29, 1.82) is 0 Å². The molecular weight excluding hydrogens is 404 g/mol. The van der Waals surface area contributed by atoms with E-state index < -0.39 is 0 Å². The Kier molecular flexibility index (Phi) is 6.99. The molecule has 0 aliphatic carbocycles. The first-order chi connectivity index (χ1) is 15.1. The van der Waals surface area contributed by atoms with E-state index in [4.69, 9.17) is 4.74 Å². The maximum atomic E-state index is 12.9. The van der Waals surface area contributed by atoms with Gasteiger partial charge in [0.1, 0.15) is 11.5 Å². The third-order valence-electron chi connectivity index (χ3n) is 4.96. The summed E-state index contributed by atoms with van der Waals surface area (Å²) in [6.45, 7) is 11.4. The zero-order valence-electron chi connectivity index (χ0n) is 19.7. The van der Waals surface area contributed by atoms with Gasteiger partial charge in [0, 0.05) is 36.8 Å². The summed E-state index contributed by atoms with van der Waals surface area (Å²) >= 11 is 0. The average molecular weight is 437 g/mol. The molecule has 3 rings (SSSR count). The van der Waals surface area contributed by atoms with Crippen LogP contribution in [0.15, 0.2) is 42.6 Å². The van der Waals surface area contributed by atoms with Gasteiger partial charge in [-0.05, 0) is 43.5 Å². The highest BCUT2D eigenvalue weighted by Crippen LogP contribution is 2.26. The molecule has 0 aliphatic heterocycles. The number of anilines is 1. The van der Waals surface area contributed by atoms with E-state index in [1.165, 1.54) is 0 Å². The van der Waals surface area contributed by atoms with Gasteiger partial charge >= 0.3 is 0 Å². The number of ether oxygens (including phenoxy) is 1. The van der Waals surface area contributed by atoms with E-state index in [1.807, 2.05) is 42.8 Å². The molecule has 2 amide bonds. The fourth-order valence-corrected chi connectivity index (χ4v) is 3.53. The van der Waals surface area contributed by atoms with E-state index in [1.54, 1.807) is 25.3 Å². The highest BCUT2D eigenvalue weighted by molar-refractivity contribution is 6.07. The number of fused-ring (bicyclic) bond motifs is 1. The molecule has 32 heavy (non-hydrogen) atoms. The van der Waals surface area contributed by atoms with Gasteiger partial charge in [-0.25, -0.2) is 4.98 Å². The average Bonchev–Trinajstić information content (AvgIpc) is 3.05. The minimum atomic E-state index is -0.225. The molecule has 0 fully saturated rings. The first-order valence-electron chi connectivity index (χ1n) is 10.7. The molecule has 1 unspecified atom stereocenters. The fourth-order valence-electron chi connectivity index (χ4n) is 3.53. The number of nitrogens with one attached hydrogen (secondary N) is 2. The second-order valence-electron chi connectivity index (χ2n) is 9.45. The number of hydrogen-bond acceptors (Lipinski definition) is 4. The summed E-state index contributed by atoms with van der Waals surface area (Å²) in [4.78, 5) is 30.2. The van der Waals surface area contributed by atoms with Crippen LogP contribution >= 0.6 is 0 Å². The predicted octanol–water partition coefficient (Wildman–Crippen LogP) is 4.41. The van der Waals surface area contributed by atoms with Gasteiger partial charge in [-0.3, -0.25) is 9.59 Å². The summed E-state index contributed by atoms with van der Waals surface area (Å²) in [5.74, 6) is 0.0404. The normalized spacial score (nSPS) is 12.6. The van der Waals surface area contributed by atoms with Gasteiger partial charge in [0.15, 0.2) is 0 Å². The van der Waals surface area contributed by atoms with E-state index in [9.17, 15) is 9.59 Å². The van der Waals surface area contributed by atoms with E-state index >= 15 is 0 Å². The molecule has 2 heterocycles. The van der Waals surface area contributed by atoms with E-state index in [-0.39, 0.29) is 23.3 Å². The Labute approximate surface area is 189 Å². The minimum absolute atomic E-state index is 0.0220. The standard InChI is InChI=1S/C25H32N4O3/c1-16-7-9-18(10-8-16)23(30)28-21-12-11-19-20(24(31)26-17(2)14-32-6)13-29(22(19)27-21)15-25(3,4)5/h7-13,17H,14-15H2,1-6H3,(H,26,31)(H,27,28,30). The van der Waals surface area contributed by atoms with E-state index in [0.717, 1.165) is 10.9 Å². The molecular formula is C25H32N4O3. The SMILES string of the molecule is COCC(C)NC(=O)c1cn(CC(C)(C)C)c2nc(NC(=O)c3ccc(C)cc3)ccc12. The van der Waals surface area contributed by atoms with E-state index in [2.05, 4.69) is 36.4 Å². The van der Waals surface area contributed by atoms with Crippen molar-refractivity contribution >= 4 is 28.7 Å². The topological polar surface area (TPSA) is 85.2 Å². The number of carbonyl (C=O) groups is 2. The summed E-state index contributed by atoms with van der Waals surface area (Å²) in [6.07, 6.45) is 1.84. The maximum Gasteiger partial charge on any atom is 0.256 e.